The molecule has 118 valence electrons. The summed E-state index contributed by atoms with van der Waals surface area (Å²) in [6.07, 6.45) is 3.43. The summed E-state index contributed by atoms with van der Waals surface area (Å²) in [4.78, 5) is 6.78. The van der Waals surface area contributed by atoms with Gasteiger partial charge in [-0.25, -0.2) is 0 Å². The third kappa shape index (κ3) is 5.49. The number of nitrogens with two attached hydrogens (primary N) is 1. The molecule has 1 aromatic carbocycles. The first-order valence-electron chi connectivity index (χ1n) is 7.67. The summed E-state index contributed by atoms with van der Waals surface area (Å²) < 4.78 is 0. The van der Waals surface area contributed by atoms with E-state index < -0.39 is 0 Å². The van der Waals surface area contributed by atoms with Crippen molar-refractivity contribution in [2.45, 2.75) is 40.0 Å². The van der Waals surface area contributed by atoms with Crippen LogP contribution in [0.15, 0.2) is 23.2 Å². The molecule has 0 spiro atoms. The van der Waals surface area contributed by atoms with Crippen LogP contribution in [-0.2, 0) is 6.42 Å². The minimum Gasteiger partial charge on any atom is -0.370 e. The van der Waals surface area contributed by atoms with Gasteiger partial charge in [-0.05, 0) is 50.2 Å². The lowest BCUT2D eigenvalue weighted by atomic mass is 10.00. The average Bonchev–Trinajstić information content (AvgIpc) is 2.42. The van der Waals surface area contributed by atoms with Crippen molar-refractivity contribution in [3.8, 4) is 0 Å². The van der Waals surface area contributed by atoms with Crippen molar-refractivity contribution in [1.82, 2.24) is 4.90 Å². The minimum absolute atomic E-state index is 0. The Labute approximate surface area is 146 Å². The van der Waals surface area contributed by atoms with Gasteiger partial charge in [-0.15, -0.1) is 24.0 Å². The monoisotopic (exact) mass is 401 g/mol. The summed E-state index contributed by atoms with van der Waals surface area (Å²) in [5, 5.41) is 0. The zero-order valence-electron chi connectivity index (χ0n) is 13.4. The van der Waals surface area contributed by atoms with Gasteiger partial charge in [0.2, 0.25) is 0 Å². The smallest absolute Gasteiger partial charge is 0.191 e. The van der Waals surface area contributed by atoms with Crippen LogP contribution in [0.3, 0.4) is 0 Å². The summed E-state index contributed by atoms with van der Waals surface area (Å²) >= 11 is 0. The fraction of sp³-hybridized carbons (Fsp3) is 0.588. The van der Waals surface area contributed by atoms with Gasteiger partial charge in [0.05, 0.1) is 0 Å². The topological polar surface area (TPSA) is 41.6 Å². The van der Waals surface area contributed by atoms with Crippen LogP contribution in [0.25, 0.3) is 0 Å². The molecule has 2 N–H and O–H groups in total. The van der Waals surface area contributed by atoms with Crippen LogP contribution in [0, 0.1) is 19.8 Å². The zero-order valence-corrected chi connectivity index (χ0v) is 15.8. The lowest BCUT2D eigenvalue weighted by molar-refractivity contribution is 0.277. The number of halogens is 1. The summed E-state index contributed by atoms with van der Waals surface area (Å²) in [6, 6.07) is 6.61. The summed E-state index contributed by atoms with van der Waals surface area (Å²) in [5.41, 5.74) is 10.1. The Morgan fingerprint density at radius 2 is 1.95 bits per heavy atom. The molecule has 0 unspecified atom stereocenters. The van der Waals surface area contributed by atoms with Crippen LogP contribution < -0.4 is 5.73 Å². The standard InChI is InChI=1S/C17H27N3.HI/c1-13-7-10-20(11-8-13)17(18)19-9-6-16-5-4-14(2)12-15(16)3;/h4-5,12-13H,6-11H2,1-3H3,(H2,18,19);1H. The first-order chi connectivity index (χ1) is 9.56. The van der Waals surface area contributed by atoms with Crippen molar-refractivity contribution >= 4 is 29.9 Å². The summed E-state index contributed by atoms with van der Waals surface area (Å²) in [7, 11) is 0. The van der Waals surface area contributed by atoms with Crippen molar-refractivity contribution in [2.24, 2.45) is 16.6 Å². The number of guanidine groups is 1. The number of hydrogen-bond donors (Lipinski definition) is 1. The number of rotatable bonds is 3. The molecule has 1 heterocycles. The molecule has 3 nitrogen and oxygen atoms in total. The van der Waals surface area contributed by atoms with E-state index in [-0.39, 0.29) is 24.0 Å². The van der Waals surface area contributed by atoms with E-state index in [9.17, 15) is 0 Å². The molecular formula is C17H28IN3. The first-order valence-corrected chi connectivity index (χ1v) is 7.67. The van der Waals surface area contributed by atoms with Crippen LogP contribution in [0.5, 0.6) is 0 Å². The van der Waals surface area contributed by atoms with Crippen molar-refractivity contribution in [3.63, 3.8) is 0 Å². The van der Waals surface area contributed by atoms with Crippen LogP contribution in [0.4, 0.5) is 0 Å². The lowest BCUT2D eigenvalue weighted by Crippen LogP contribution is -2.42. The second kappa shape index (κ2) is 8.61. The van der Waals surface area contributed by atoms with E-state index in [0.29, 0.717) is 0 Å². The van der Waals surface area contributed by atoms with Gasteiger partial charge in [0.15, 0.2) is 5.96 Å². The Kier molecular flexibility index (Phi) is 7.49. The molecule has 4 heteroatoms. The molecule has 0 radical (unpaired) electrons. The van der Waals surface area contributed by atoms with Gasteiger partial charge < -0.3 is 10.6 Å². The van der Waals surface area contributed by atoms with Gasteiger partial charge in [0.1, 0.15) is 0 Å². The Morgan fingerprint density at radius 1 is 1.29 bits per heavy atom. The number of likely N-dealkylation sites (tertiary alicyclic amines) is 1. The molecule has 0 amide bonds. The van der Waals surface area contributed by atoms with Gasteiger partial charge in [-0.1, -0.05) is 30.7 Å². The van der Waals surface area contributed by atoms with Crippen LogP contribution >= 0.6 is 24.0 Å². The number of benzene rings is 1. The second-order valence-electron chi connectivity index (χ2n) is 6.09. The number of hydrogen-bond acceptors (Lipinski definition) is 1. The third-order valence-electron chi connectivity index (χ3n) is 4.26. The van der Waals surface area contributed by atoms with E-state index in [4.69, 9.17) is 5.73 Å². The molecule has 1 saturated heterocycles. The Hall–Kier alpha value is -0.780. The van der Waals surface area contributed by atoms with Crippen molar-refractivity contribution in [2.75, 3.05) is 19.6 Å². The third-order valence-corrected chi connectivity index (χ3v) is 4.26. The second-order valence-corrected chi connectivity index (χ2v) is 6.09. The van der Waals surface area contributed by atoms with Crippen LogP contribution in [0.2, 0.25) is 0 Å². The van der Waals surface area contributed by atoms with E-state index in [1.54, 1.807) is 0 Å². The number of aliphatic imine (C=N–C) groups is 1. The molecule has 1 aromatic rings. The molecule has 1 fully saturated rings. The van der Waals surface area contributed by atoms with Crippen molar-refractivity contribution in [1.29, 1.82) is 0 Å². The molecule has 0 aromatic heterocycles. The zero-order chi connectivity index (χ0) is 14.5. The molecule has 1 aliphatic heterocycles. The fourth-order valence-corrected chi connectivity index (χ4v) is 2.75. The number of aryl methyl sites for hydroxylation is 2. The Bertz CT molecular complexity index is 477. The first kappa shape index (κ1) is 18.3. The molecule has 21 heavy (non-hydrogen) atoms. The maximum atomic E-state index is 6.10. The highest BCUT2D eigenvalue weighted by Crippen LogP contribution is 2.15. The van der Waals surface area contributed by atoms with Gasteiger partial charge >= 0.3 is 0 Å². The highest BCUT2D eigenvalue weighted by Gasteiger charge is 2.16. The lowest BCUT2D eigenvalue weighted by Gasteiger charge is -2.31. The largest absolute Gasteiger partial charge is 0.370 e. The van der Waals surface area contributed by atoms with Gasteiger partial charge in [-0.2, -0.15) is 0 Å². The van der Waals surface area contributed by atoms with Gasteiger partial charge in [0, 0.05) is 19.6 Å². The maximum Gasteiger partial charge on any atom is 0.191 e. The predicted octanol–water partition coefficient (Wildman–Crippen LogP) is 3.51. The highest BCUT2D eigenvalue weighted by atomic mass is 127. The number of piperidine rings is 1. The fourth-order valence-electron chi connectivity index (χ4n) is 2.75. The van der Waals surface area contributed by atoms with Crippen molar-refractivity contribution < 1.29 is 0 Å². The number of nitrogens with zero attached hydrogens (tertiary/aromatic N) is 2. The van der Waals surface area contributed by atoms with Crippen LogP contribution in [0.1, 0.15) is 36.5 Å². The minimum atomic E-state index is 0. The van der Waals surface area contributed by atoms with E-state index in [2.05, 4.69) is 48.9 Å². The van der Waals surface area contributed by atoms with Gasteiger partial charge in [0.25, 0.3) is 0 Å². The van der Waals surface area contributed by atoms with E-state index >= 15 is 0 Å². The maximum absolute atomic E-state index is 6.10. The van der Waals surface area contributed by atoms with Crippen molar-refractivity contribution in [3.05, 3.63) is 34.9 Å². The van der Waals surface area contributed by atoms with Gasteiger partial charge in [-0.3, -0.25) is 4.99 Å². The molecule has 0 atom stereocenters. The molecule has 1 aliphatic rings. The molecule has 0 saturated carbocycles. The summed E-state index contributed by atoms with van der Waals surface area (Å²) in [6.45, 7) is 9.50. The molecule has 0 bridgehead atoms. The Morgan fingerprint density at radius 3 is 2.57 bits per heavy atom. The average molecular weight is 401 g/mol. The van der Waals surface area contributed by atoms with E-state index in [1.807, 2.05) is 0 Å². The van der Waals surface area contributed by atoms with E-state index in [0.717, 1.165) is 37.9 Å². The SMILES string of the molecule is Cc1ccc(CCN=C(N)N2CCC(C)CC2)c(C)c1.I. The van der Waals surface area contributed by atoms with E-state index in [1.165, 1.54) is 29.5 Å². The predicted molar refractivity (Wildman–Crippen MR) is 101 cm³/mol. The Balaban J connectivity index is 0.00000220. The molecule has 2 rings (SSSR count). The summed E-state index contributed by atoms with van der Waals surface area (Å²) in [5.74, 6) is 1.55. The molecule has 0 aliphatic carbocycles. The quantitative estimate of drug-likeness (QED) is 0.479. The molecular weight excluding hydrogens is 373 g/mol. The van der Waals surface area contributed by atoms with Crippen LogP contribution in [-0.4, -0.2) is 30.5 Å². The highest BCUT2D eigenvalue weighted by molar-refractivity contribution is 14.0. The normalized spacial score (nSPS) is 16.7.